The summed E-state index contributed by atoms with van der Waals surface area (Å²) in [5, 5.41) is 3.50. The molecule has 5 aliphatic carbocycles. The predicted octanol–water partition coefficient (Wildman–Crippen LogP) is 4.44. The van der Waals surface area contributed by atoms with E-state index in [2.05, 4.69) is 36.5 Å². The summed E-state index contributed by atoms with van der Waals surface area (Å²) in [6.45, 7) is 2.30. The first kappa shape index (κ1) is 15.0. The minimum Gasteiger partial charge on any atom is -0.352 e. The third-order valence-corrected chi connectivity index (χ3v) is 7.86. The molecule has 1 aromatic rings. The van der Waals surface area contributed by atoms with Crippen molar-refractivity contribution in [1.29, 1.82) is 0 Å². The lowest BCUT2D eigenvalue weighted by molar-refractivity contribution is -0.128. The van der Waals surface area contributed by atoms with Crippen molar-refractivity contribution < 1.29 is 4.79 Å². The third-order valence-electron chi connectivity index (χ3n) is 7.86. The van der Waals surface area contributed by atoms with Gasteiger partial charge in [0.25, 0.3) is 0 Å². The molecule has 128 valence electrons. The molecule has 0 spiro atoms. The monoisotopic (exact) mass is 323 g/mol. The molecule has 6 rings (SSSR count). The molecule has 1 aromatic carbocycles. The fourth-order valence-corrected chi connectivity index (χ4v) is 6.72. The second kappa shape index (κ2) is 5.09. The minimum absolute atomic E-state index is 0.224. The Balaban J connectivity index is 1.34. The molecule has 2 nitrogen and oxygen atoms in total. The molecule has 5 fully saturated rings. The molecule has 1 unspecified atom stereocenters. The van der Waals surface area contributed by atoms with E-state index in [0.29, 0.717) is 11.5 Å². The number of carbonyl (C=O) groups is 1. The highest BCUT2D eigenvalue weighted by Gasteiger charge is 2.56. The van der Waals surface area contributed by atoms with Crippen LogP contribution in [0.4, 0.5) is 0 Å². The van der Waals surface area contributed by atoms with Crippen LogP contribution in [0.1, 0.15) is 63.9 Å². The van der Waals surface area contributed by atoms with Gasteiger partial charge < -0.3 is 5.32 Å². The summed E-state index contributed by atoms with van der Waals surface area (Å²) in [5.41, 5.74) is 1.38. The Kier molecular flexibility index (Phi) is 3.18. The quantitative estimate of drug-likeness (QED) is 0.872. The van der Waals surface area contributed by atoms with Gasteiger partial charge in [0.05, 0.1) is 5.41 Å². The lowest BCUT2D eigenvalue weighted by Gasteiger charge is -2.59. The molecule has 0 saturated heterocycles. The van der Waals surface area contributed by atoms with E-state index >= 15 is 0 Å². The van der Waals surface area contributed by atoms with Gasteiger partial charge in [0.15, 0.2) is 0 Å². The van der Waals surface area contributed by atoms with Gasteiger partial charge in [-0.2, -0.15) is 0 Å². The van der Waals surface area contributed by atoms with Crippen molar-refractivity contribution >= 4 is 5.91 Å². The molecule has 2 heteroatoms. The minimum atomic E-state index is -0.224. The van der Waals surface area contributed by atoms with Crippen molar-refractivity contribution in [2.24, 2.45) is 23.2 Å². The zero-order valence-corrected chi connectivity index (χ0v) is 14.8. The topological polar surface area (TPSA) is 29.1 Å². The molecule has 1 amide bonds. The summed E-state index contributed by atoms with van der Waals surface area (Å²) in [6.07, 6.45) is 10.5. The van der Waals surface area contributed by atoms with Crippen LogP contribution in [-0.4, -0.2) is 11.9 Å². The van der Waals surface area contributed by atoms with Crippen molar-refractivity contribution in [2.45, 2.75) is 69.7 Å². The first-order valence-electron chi connectivity index (χ1n) is 9.96. The number of hydrogen-bond donors (Lipinski definition) is 1. The molecule has 0 heterocycles. The molecular formula is C22H29NO. The Hall–Kier alpha value is -1.31. The number of rotatable bonds is 4. The smallest absolute Gasteiger partial charge is 0.230 e. The van der Waals surface area contributed by atoms with E-state index in [0.717, 1.165) is 30.6 Å². The number of amides is 1. The van der Waals surface area contributed by atoms with Crippen LogP contribution >= 0.6 is 0 Å². The summed E-state index contributed by atoms with van der Waals surface area (Å²) in [4.78, 5) is 13.1. The van der Waals surface area contributed by atoms with Crippen LogP contribution in [-0.2, 0) is 10.2 Å². The highest BCUT2D eigenvalue weighted by molar-refractivity contribution is 5.91. The zero-order valence-electron chi connectivity index (χ0n) is 14.8. The lowest BCUT2D eigenvalue weighted by atomic mass is 9.48. The molecule has 0 radical (unpaired) electrons. The van der Waals surface area contributed by atoms with Crippen molar-refractivity contribution in [2.75, 3.05) is 0 Å². The van der Waals surface area contributed by atoms with Gasteiger partial charge >= 0.3 is 0 Å². The maximum absolute atomic E-state index is 13.1. The van der Waals surface area contributed by atoms with Crippen molar-refractivity contribution in [1.82, 2.24) is 5.32 Å². The van der Waals surface area contributed by atoms with E-state index in [1.54, 1.807) is 0 Å². The van der Waals surface area contributed by atoms with Crippen LogP contribution < -0.4 is 5.32 Å². The van der Waals surface area contributed by atoms with Gasteiger partial charge in [-0.1, -0.05) is 30.3 Å². The summed E-state index contributed by atoms with van der Waals surface area (Å²) in [7, 11) is 0. The average molecular weight is 323 g/mol. The molecule has 1 N–H and O–H groups in total. The van der Waals surface area contributed by atoms with Crippen LogP contribution in [0.5, 0.6) is 0 Å². The Bertz CT molecular complexity index is 610. The Labute approximate surface area is 145 Å². The molecule has 24 heavy (non-hydrogen) atoms. The number of nitrogens with one attached hydrogen (secondary N) is 1. The normalized spacial score (nSPS) is 39.5. The first-order valence-corrected chi connectivity index (χ1v) is 9.96. The molecule has 1 atom stereocenters. The second-order valence-corrected chi connectivity index (χ2v) is 9.42. The summed E-state index contributed by atoms with van der Waals surface area (Å²) in [6, 6.07) is 10.7. The molecule has 5 aliphatic rings. The van der Waals surface area contributed by atoms with Gasteiger partial charge in [-0.25, -0.2) is 0 Å². The van der Waals surface area contributed by atoms with Crippen molar-refractivity contribution in [3.05, 3.63) is 35.9 Å². The SMILES string of the molecule is CC(NC(=O)C1(c2ccccc2)CC1)C12CC3CC(CC(C3)C1)C2. The van der Waals surface area contributed by atoms with Crippen LogP contribution in [0.15, 0.2) is 30.3 Å². The van der Waals surface area contributed by atoms with E-state index in [-0.39, 0.29) is 11.3 Å². The highest BCUT2D eigenvalue weighted by atomic mass is 16.2. The maximum Gasteiger partial charge on any atom is 0.230 e. The average Bonchev–Trinajstić information content (AvgIpc) is 3.36. The largest absolute Gasteiger partial charge is 0.352 e. The summed E-state index contributed by atoms with van der Waals surface area (Å²) >= 11 is 0. The first-order chi connectivity index (χ1) is 11.6. The van der Waals surface area contributed by atoms with Crippen LogP contribution in [0.2, 0.25) is 0 Å². The van der Waals surface area contributed by atoms with E-state index in [4.69, 9.17) is 0 Å². The lowest BCUT2D eigenvalue weighted by Crippen LogP contribution is -2.57. The Morgan fingerprint density at radius 1 is 1.00 bits per heavy atom. The van der Waals surface area contributed by atoms with E-state index in [9.17, 15) is 4.79 Å². The Morgan fingerprint density at radius 2 is 1.54 bits per heavy atom. The van der Waals surface area contributed by atoms with Gasteiger partial charge in [0.1, 0.15) is 0 Å². The maximum atomic E-state index is 13.1. The standard InChI is InChI=1S/C22H29NO/c1-15(21-12-16-9-17(13-21)11-18(10-16)14-21)23-20(24)22(7-8-22)19-5-3-2-4-6-19/h2-6,15-18H,7-14H2,1H3,(H,23,24). The molecule has 4 bridgehead atoms. The van der Waals surface area contributed by atoms with Gasteiger partial charge in [0, 0.05) is 6.04 Å². The highest BCUT2D eigenvalue weighted by Crippen LogP contribution is 2.61. The predicted molar refractivity (Wildman–Crippen MR) is 95.6 cm³/mol. The van der Waals surface area contributed by atoms with Crippen molar-refractivity contribution in [3.8, 4) is 0 Å². The number of benzene rings is 1. The molecule has 0 aliphatic heterocycles. The van der Waals surface area contributed by atoms with Gasteiger partial charge in [-0.3, -0.25) is 4.79 Å². The molecular weight excluding hydrogens is 294 g/mol. The van der Waals surface area contributed by atoms with E-state index in [1.165, 1.54) is 44.1 Å². The van der Waals surface area contributed by atoms with Crippen LogP contribution in [0.25, 0.3) is 0 Å². The van der Waals surface area contributed by atoms with E-state index < -0.39 is 0 Å². The summed E-state index contributed by atoms with van der Waals surface area (Å²) in [5.74, 6) is 3.12. The van der Waals surface area contributed by atoms with E-state index in [1.807, 2.05) is 6.07 Å². The Morgan fingerprint density at radius 3 is 2.04 bits per heavy atom. The second-order valence-electron chi connectivity index (χ2n) is 9.42. The van der Waals surface area contributed by atoms with Crippen LogP contribution in [0, 0.1) is 23.2 Å². The van der Waals surface area contributed by atoms with Gasteiger partial charge in [-0.15, -0.1) is 0 Å². The zero-order chi connectivity index (χ0) is 16.4. The fourth-order valence-electron chi connectivity index (χ4n) is 6.72. The fraction of sp³-hybridized carbons (Fsp3) is 0.682. The van der Waals surface area contributed by atoms with Crippen LogP contribution in [0.3, 0.4) is 0 Å². The number of carbonyl (C=O) groups excluding carboxylic acids is 1. The number of hydrogen-bond acceptors (Lipinski definition) is 1. The van der Waals surface area contributed by atoms with Gasteiger partial charge in [-0.05, 0) is 87.0 Å². The molecule has 5 saturated carbocycles. The summed E-state index contributed by atoms with van der Waals surface area (Å²) < 4.78 is 0. The van der Waals surface area contributed by atoms with Crippen molar-refractivity contribution in [3.63, 3.8) is 0 Å². The third kappa shape index (κ3) is 2.18. The van der Waals surface area contributed by atoms with Gasteiger partial charge in [0.2, 0.25) is 5.91 Å². The molecule has 0 aromatic heterocycles.